The second-order valence-electron chi connectivity index (χ2n) is 4.68. The van der Waals surface area contributed by atoms with E-state index in [0.717, 1.165) is 0 Å². The van der Waals surface area contributed by atoms with Gasteiger partial charge >= 0.3 is 58.4 Å². The number of hydrogen-bond donors (Lipinski definition) is 1. The molecule has 0 heterocycles. The van der Waals surface area contributed by atoms with Gasteiger partial charge in [-0.15, -0.1) is 0 Å². The van der Waals surface area contributed by atoms with Crippen LogP contribution in [0.2, 0.25) is 0 Å². The Balaban J connectivity index is -0.000000538. The topological polar surface area (TPSA) is 58.0 Å². The number of halogens is 19. The average molecular weight is 567 g/mol. The standard InChI is InChI=1S/C8F18.C2H6.FH.HNO2S/c9-1(10,3(13,14)5(17,18)7(21,22)23)2(11,12)4(15,16)6(19,20)8(24,25)26;1-2;;1-4(2)3/h;1-2H3;1H;1H. The maximum Gasteiger partial charge on any atom is 0.460 e. The fourth-order valence-corrected chi connectivity index (χ4v) is 1.14. The molecule has 0 rings (SSSR count). The second-order valence-corrected chi connectivity index (χ2v) is 5.15. The molecule has 0 aliphatic rings. The van der Waals surface area contributed by atoms with Crippen LogP contribution in [0.1, 0.15) is 13.8 Å². The Labute approximate surface area is 170 Å². The van der Waals surface area contributed by atoms with Crippen LogP contribution in [0.5, 0.6) is 0 Å². The second kappa shape index (κ2) is 10.7. The SMILES string of the molecule is CC.F.FC(F)(F)C(F)(F)C(F)(F)C(F)(F)C(F)(F)C(F)(F)C(F)(F)C(F)(F)F.N=S(=O)=O. The van der Waals surface area contributed by atoms with Crippen LogP contribution in [0.15, 0.2) is 0 Å². The molecule has 0 bridgehead atoms. The minimum atomic E-state index is -8.72. The molecule has 0 saturated carbocycles. The third kappa shape index (κ3) is 6.45. The smallest absolute Gasteiger partial charge is 0.269 e. The third-order valence-corrected chi connectivity index (χ3v) is 2.68. The summed E-state index contributed by atoms with van der Waals surface area (Å²) in [6.45, 7) is 4.00. The minimum absolute atomic E-state index is 0. The summed E-state index contributed by atoms with van der Waals surface area (Å²) >= 11 is 0. The number of hydrogen-bond acceptors (Lipinski definition) is 3. The number of nitrogens with one attached hydrogen (secondary N) is 1. The van der Waals surface area contributed by atoms with Gasteiger partial charge in [-0.25, -0.2) is 0 Å². The normalized spacial score (nSPS) is 14.2. The van der Waals surface area contributed by atoms with Crippen molar-refractivity contribution in [3.8, 4) is 0 Å². The lowest BCUT2D eigenvalue weighted by atomic mass is 9.91. The summed E-state index contributed by atoms with van der Waals surface area (Å²) in [5.74, 6) is -51.0. The Kier molecular flexibility index (Phi) is 12.5. The summed E-state index contributed by atoms with van der Waals surface area (Å²) in [6.07, 6.45) is -15.6. The maximum absolute atomic E-state index is 12.8. The van der Waals surface area contributed by atoms with Crippen LogP contribution in [0.25, 0.3) is 0 Å². The first kappa shape index (κ1) is 38.5. The van der Waals surface area contributed by atoms with E-state index in [2.05, 4.69) is 0 Å². The predicted molar refractivity (Wildman–Crippen MR) is 67.3 cm³/mol. The Morgan fingerprint density at radius 2 is 0.515 bits per heavy atom. The summed E-state index contributed by atoms with van der Waals surface area (Å²) < 4.78 is 243. The number of rotatable bonds is 5. The Hall–Kier alpha value is -1.71. The lowest BCUT2D eigenvalue weighted by Crippen LogP contribution is -2.74. The van der Waals surface area contributed by atoms with E-state index >= 15 is 0 Å². The highest BCUT2D eigenvalue weighted by Crippen LogP contribution is 2.63. The van der Waals surface area contributed by atoms with Crippen LogP contribution in [-0.4, -0.2) is 56.3 Å². The van der Waals surface area contributed by atoms with Crippen LogP contribution >= 0.6 is 0 Å². The minimum Gasteiger partial charge on any atom is -0.269 e. The molecular weight excluding hydrogens is 559 g/mol. The van der Waals surface area contributed by atoms with Crippen molar-refractivity contribution in [1.29, 1.82) is 4.78 Å². The van der Waals surface area contributed by atoms with E-state index in [-0.39, 0.29) is 4.70 Å². The molecule has 3 nitrogen and oxygen atoms in total. The largest absolute Gasteiger partial charge is 0.460 e. The van der Waals surface area contributed by atoms with Gasteiger partial charge < -0.3 is 0 Å². The van der Waals surface area contributed by atoms with Gasteiger partial charge in [0.25, 0.3) is 0 Å². The Bertz CT molecular complexity index is 665. The summed E-state index contributed by atoms with van der Waals surface area (Å²) in [6, 6.07) is 0. The van der Waals surface area contributed by atoms with E-state index in [1.165, 1.54) is 0 Å². The molecule has 0 aromatic heterocycles. The molecule has 0 fully saturated rings. The van der Waals surface area contributed by atoms with E-state index in [1.807, 2.05) is 13.8 Å². The highest BCUT2D eigenvalue weighted by atomic mass is 32.2. The molecule has 1 N–H and O–H groups in total. The zero-order chi connectivity index (χ0) is 27.6. The van der Waals surface area contributed by atoms with E-state index < -0.39 is 58.4 Å². The Morgan fingerprint density at radius 3 is 0.606 bits per heavy atom. The molecule has 0 aliphatic heterocycles. The third-order valence-electron chi connectivity index (χ3n) is 2.68. The van der Waals surface area contributed by atoms with Gasteiger partial charge in [-0.3, -0.25) is 4.70 Å². The zero-order valence-corrected chi connectivity index (χ0v) is 15.8. The monoisotopic (exact) mass is 567 g/mol. The van der Waals surface area contributed by atoms with Crippen molar-refractivity contribution < 1.29 is 92.1 Å². The van der Waals surface area contributed by atoms with Gasteiger partial charge in [0.15, 0.2) is 0 Å². The van der Waals surface area contributed by atoms with Gasteiger partial charge in [-0.2, -0.15) is 92.2 Å². The average Bonchev–Trinajstić information content (AvgIpc) is 2.53. The first-order valence-electron chi connectivity index (χ1n) is 6.69. The lowest BCUT2D eigenvalue weighted by Gasteiger charge is -2.41. The molecule has 0 saturated heterocycles. The molecule has 204 valence electrons. The van der Waals surface area contributed by atoms with Gasteiger partial charge in [0.05, 0.1) is 0 Å². The first-order chi connectivity index (χ1) is 13.5. The highest BCUT2D eigenvalue weighted by Gasteiger charge is 2.95. The van der Waals surface area contributed by atoms with Crippen molar-refractivity contribution >= 4 is 10.5 Å². The van der Waals surface area contributed by atoms with Crippen molar-refractivity contribution in [2.45, 2.75) is 61.7 Å². The molecule has 33 heavy (non-hydrogen) atoms. The zero-order valence-electron chi connectivity index (χ0n) is 14.9. The molecule has 0 spiro atoms. The van der Waals surface area contributed by atoms with E-state index in [4.69, 9.17) is 13.2 Å². The van der Waals surface area contributed by atoms with Gasteiger partial charge in [-0.1, -0.05) is 13.8 Å². The molecule has 0 atom stereocenters. The van der Waals surface area contributed by atoms with E-state index in [1.54, 1.807) is 0 Å². The summed E-state index contributed by atoms with van der Waals surface area (Å²) in [5.41, 5.74) is 0. The predicted octanol–water partition coefficient (Wildman–Crippen LogP) is 6.73. The summed E-state index contributed by atoms with van der Waals surface area (Å²) in [5, 5.41) is 0. The summed E-state index contributed by atoms with van der Waals surface area (Å²) in [4.78, 5) is 0. The quantitative estimate of drug-likeness (QED) is 0.375. The van der Waals surface area contributed by atoms with Crippen molar-refractivity contribution in [3.05, 3.63) is 0 Å². The Morgan fingerprint density at radius 1 is 0.424 bits per heavy atom. The lowest BCUT2D eigenvalue weighted by molar-refractivity contribution is -0.468. The van der Waals surface area contributed by atoms with Crippen molar-refractivity contribution in [3.63, 3.8) is 0 Å². The van der Waals surface area contributed by atoms with Crippen LogP contribution in [0.3, 0.4) is 0 Å². The maximum atomic E-state index is 12.8. The first-order valence-corrected chi connectivity index (χ1v) is 7.76. The molecule has 0 radical (unpaired) electrons. The van der Waals surface area contributed by atoms with Crippen LogP contribution in [0.4, 0.5) is 83.7 Å². The molecule has 0 aliphatic carbocycles. The molecule has 0 unspecified atom stereocenters. The van der Waals surface area contributed by atoms with Gasteiger partial charge in [-0.05, 0) is 0 Å². The van der Waals surface area contributed by atoms with Gasteiger partial charge in [0.1, 0.15) is 0 Å². The number of alkyl halides is 18. The fraction of sp³-hybridized carbons (Fsp3) is 1.00. The van der Waals surface area contributed by atoms with Crippen molar-refractivity contribution in [1.82, 2.24) is 0 Å². The van der Waals surface area contributed by atoms with Crippen molar-refractivity contribution in [2.75, 3.05) is 0 Å². The molecule has 0 aromatic rings. The van der Waals surface area contributed by atoms with Crippen LogP contribution in [0, 0.1) is 4.78 Å². The van der Waals surface area contributed by atoms with Gasteiger partial charge in [0.2, 0.25) is 0 Å². The molecule has 23 heteroatoms. The van der Waals surface area contributed by atoms with Crippen LogP contribution < -0.4 is 0 Å². The van der Waals surface area contributed by atoms with E-state index in [9.17, 15) is 79.0 Å². The fourth-order valence-electron chi connectivity index (χ4n) is 1.14. The summed E-state index contributed by atoms with van der Waals surface area (Å²) in [7, 11) is -2.61. The highest BCUT2D eigenvalue weighted by molar-refractivity contribution is 7.60. The van der Waals surface area contributed by atoms with Crippen molar-refractivity contribution in [2.24, 2.45) is 0 Å². The van der Waals surface area contributed by atoms with Gasteiger partial charge in [0, 0.05) is 0 Å². The molecular formula is C10H8F19NO2S. The molecule has 0 aromatic carbocycles. The molecule has 0 amide bonds. The van der Waals surface area contributed by atoms with E-state index in [0.29, 0.717) is 0 Å². The van der Waals surface area contributed by atoms with Crippen LogP contribution in [-0.2, 0) is 10.5 Å².